The first kappa shape index (κ1) is 14.2. The quantitative estimate of drug-likeness (QED) is 0.581. The number of ketones is 1. The Hall–Kier alpha value is -1.88. The molecule has 0 radical (unpaired) electrons. The molecule has 0 saturated carbocycles. The molecule has 1 rings (SSSR count). The summed E-state index contributed by atoms with van der Waals surface area (Å²) >= 11 is 0. The van der Waals surface area contributed by atoms with Gasteiger partial charge in [0, 0.05) is 6.42 Å². The predicted octanol–water partition coefficient (Wildman–Crippen LogP) is 3.77. The molecule has 0 fully saturated rings. The summed E-state index contributed by atoms with van der Waals surface area (Å²) in [4.78, 5) is 11.8. The number of hydrogen-bond acceptors (Lipinski definition) is 2. The van der Waals surface area contributed by atoms with E-state index in [9.17, 15) is 4.79 Å². The standard InChI is InChI=1S/C16H19NO/c1-4-13-5-7-14(8-6-13)10-15(11-17)16(18)9-12(2)3/h5-8,10,12H,4,9H2,1-3H3. The second-order valence-electron chi connectivity index (χ2n) is 4.79. The SMILES string of the molecule is CCc1ccc(C=C(C#N)C(=O)CC(C)C)cc1. The lowest BCUT2D eigenvalue weighted by molar-refractivity contribution is -0.115. The Balaban J connectivity index is 2.90. The van der Waals surface area contributed by atoms with Crippen LogP contribution < -0.4 is 0 Å². The first-order valence-corrected chi connectivity index (χ1v) is 6.30. The molecule has 0 bridgehead atoms. The first-order chi connectivity index (χ1) is 8.56. The maximum absolute atomic E-state index is 11.8. The summed E-state index contributed by atoms with van der Waals surface area (Å²) in [6.07, 6.45) is 3.08. The Kier molecular flexibility index (Phi) is 5.32. The lowest BCUT2D eigenvalue weighted by Crippen LogP contribution is -2.04. The van der Waals surface area contributed by atoms with E-state index < -0.39 is 0 Å². The van der Waals surface area contributed by atoms with Gasteiger partial charge >= 0.3 is 0 Å². The van der Waals surface area contributed by atoms with Gasteiger partial charge in [0.15, 0.2) is 5.78 Å². The van der Waals surface area contributed by atoms with Gasteiger partial charge in [-0.1, -0.05) is 45.0 Å². The summed E-state index contributed by atoms with van der Waals surface area (Å²) in [6, 6.07) is 9.93. The normalized spacial score (nSPS) is 11.4. The third-order valence-corrected chi connectivity index (χ3v) is 2.71. The predicted molar refractivity (Wildman–Crippen MR) is 73.9 cm³/mol. The van der Waals surface area contributed by atoms with Crippen LogP contribution in [0.25, 0.3) is 6.08 Å². The van der Waals surface area contributed by atoms with Crippen molar-refractivity contribution in [3.63, 3.8) is 0 Å². The second-order valence-corrected chi connectivity index (χ2v) is 4.79. The molecule has 1 aromatic carbocycles. The molecule has 2 heteroatoms. The van der Waals surface area contributed by atoms with Crippen molar-refractivity contribution >= 4 is 11.9 Å². The van der Waals surface area contributed by atoms with Gasteiger partial charge in [0.2, 0.25) is 0 Å². The van der Waals surface area contributed by atoms with Gasteiger partial charge in [-0.2, -0.15) is 5.26 Å². The molecular weight excluding hydrogens is 222 g/mol. The Morgan fingerprint density at radius 3 is 2.39 bits per heavy atom. The molecule has 0 aliphatic carbocycles. The average Bonchev–Trinajstić information content (AvgIpc) is 2.35. The number of hydrogen-bond donors (Lipinski definition) is 0. The molecule has 18 heavy (non-hydrogen) atoms. The van der Waals surface area contributed by atoms with Gasteiger partial charge in [0.05, 0.1) is 5.57 Å². The van der Waals surface area contributed by atoms with Crippen LogP contribution in [-0.4, -0.2) is 5.78 Å². The highest BCUT2D eigenvalue weighted by Crippen LogP contribution is 2.13. The van der Waals surface area contributed by atoms with Gasteiger partial charge in [0.25, 0.3) is 0 Å². The van der Waals surface area contributed by atoms with E-state index in [2.05, 4.69) is 6.92 Å². The number of carbonyl (C=O) groups excluding carboxylic acids is 1. The lowest BCUT2D eigenvalue weighted by Gasteiger charge is -2.03. The van der Waals surface area contributed by atoms with Gasteiger partial charge < -0.3 is 0 Å². The molecule has 0 aliphatic rings. The fourth-order valence-electron chi connectivity index (χ4n) is 1.67. The molecule has 0 unspecified atom stereocenters. The molecule has 0 amide bonds. The van der Waals surface area contributed by atoms with E-state index in [0.29, 0.717) is 6.42 Å². The Bertz CT molecular complexity index is 475. The summed E-state index contributed by atoms with van der Waals surface area (Å²) in [6.45, 7) is 6.05. The van der Waals surface area contributed by atoms with Crippen LogP contribution in [-0.2, 0) is 11.2 Å². The lowest BCUT2D eigenvalue weighted by atomic mass is 10.00. The zero-order valence-corrected chi connectivity index (χ0v) is 11.2. The van der Waals surface area contributed by atoms with Crippen molar-refractivity contribution in [3.05, 3.63) is 41.0 Å². The number of allylic oxidation sites excluding steroid dienone is 1. The highest BCUT2D eigenvalue weighted by molar-refractivity contribution is 6.03. The maximum Gasteiger partial charge on any atom is 0.173 e. The zero-order valence-electron chi connectivity index (χ0n) is 11.2. The summed E-state index contributed by atoms with van der Waals surface area (Å²) in [7, 11) is 0. The minimum atomic E-state index is -0.0768. The van der Waals surface area contributed by atoms with Crippen molar-refractivity contribution in [2.75, 3.05) is 0 Å². The smallest absolute Gasteiger partial charge is 0.173 e. The molecule has 0 aliphatic heterocycles. The molecule has 0 saturated heterocycles. The van der Waals surface area contributed by atoms with Crippen molar-refractivity contribution in [1.29, 1.82) is 5.26 Å². The number of nitrogens with zero attached hydrogens (tertiary/aromatic N) is 1. The van der Waals surface area contributed by atoms with Crippen LogP contribution in [0.1, 0.15) is 38.3 Å². The van der Waals surface area contributed by atoms with Gasteiger partial charge in [-0.15, -0.1) is 0 Å². The first-order valence-electron chi connectivity index (χ1n) is 6.30. The summed E-state index contributed by atoms with van der Waals surface area (Å²) in [5.41, 5.74) is 2.40. The van der Waals surface area contributed by atoms with Crippen LogP contribution in [0.15, 0.2) is 29.8 Å². The fraction of sp³-hybridized carbons (Fsp3) is 0.375. The zero-order chi connectivity index (χ0) is 13.5. The molecule has 2 nitrogen and oxygen atoms in total. The van der Waals surface area contributed by atoms with Crippen LogP contribution in [0, 0.1) is 17.2 Å². The van der Waals surface area contributed by atoms with Crippen LogP contribution >= 0.6 is 0 Å². The summed E-state index contributed by atoms with van der Waals surface area (Å²) in [5.74, 6) is 0.198. The van der Waals surface area contributed by atoms with E-state index in [1.807, 2.05) is 44.2 Å². The molecule has 1 aromatic rings. The second kappa shape index (κ2) is 6.76. The number of aryl methyl sites for hydroxylation is 1. The number of Topliss-reactive ketones (excluding diaryl/α,β-unsaturated/α-hetero) is 1. The van der Waals surface area contributed by atoms with E-state index in [-0.39, 0.29) is 17.3 Å². The molecule has 0 spiro atoms. The van der Waals surface area contributed by atoms with Gasteiger partial charge in [-0.3, -0.25) is 4.79 Å². The van der Waals surface area contributed by atoms with Gasteiger partial charge in [0.1, 0.15) is 6.07 Å². The third kappa shape index (κ3) is 4.18. The van der Waals surface area contributed by atoms with Crippen molar-refractivity contribution in [3.8, 4) is 6.07 Å². The molecular formula is C16H19NO. The third-order valence-electron chi connectivity index (χ3n) is 2.71. The van der Waals surface area contributed by atoms with Crippen molar-refractivity contribution in [1.82, 2.24) is 0 Å². The Morgan fingerprint density at radius 1 is 1.33 bits per heavy atom. The summed E-state index contributed by atoms with van der Waals surface area (Å²) < 4.78 is 0. The number of rotatable bonds is 5. The average molecular weight is 241 g/mol. The topological polar surface area (TPSA) is 40.9 Å². The van der Waals surface area contributed by atoms with E-state index >= 15 is 0 Å². The number of benzene rings is 1. The van der Waals surface area contributed by atoms with Crippen molar-refractivity contribution in [2.45, 2.75) is 33.6 Å². The van der Waals surface area contributed by atoms with E-state index in [4.69, 9.17) is 5.26 Å². The molecule has 0 atom stereocenters. The van der Waals surface area contributed by atoms with E-state index in [1.165, 1.54) is 5.56 Å². The monoisotopic (exact) mass is 241 g/mol. The highest BCUT2D eigenvalue weighted by atomic mass is 16.1. The van der Waals surface area contributed by atoms with Crippen LogP contribution in [0.2, 0.25) is 0 Å². The minimum absolute atomic E-state index is 0.0768. The van der Waals surface area contributed by atoms with Crippen molar-refractivity contribution in [2.24, 2.45) is 5.92 Å². The Morgan fingerprint density at radius 2 is 1.94 bits per heavy atom. The van der Waals surface area contributed by atoms with Gasteiger partial charge in [-0.05, 0) is 29.5 Å². The van der Waals surface area contributed by atoms with Gasteiger partial charge in [-0.25, -0.2) is 0 Å². The fourth-order valence-corrected chi connectivity index (χ4v) is 1.67. The van der Waals surface area contributed by atoms with E-state index in [1.54, 1.807) is 6.08 Å². The number of nitriles is 1. The van der Waals surface area contributed by atoms with Crippen molar-refractivity contribution < 1.29 is 4.79 Å². The molecule has 0 heterocycles. The largest absolute Gasteiger partial charge is 0.293 e. The van der Waals surface area contributed by atoms with Crippen LogP contribution in [0.4, 0.5) is 0 Å². The van der Waals surface area contributed by atoms with Crippen LogP contribution in [0.5, 0.6) is 0 Å². The number of carbonyl (C=O) groups is 1. The molecule has 0 N–H and O–H groups in total. The highest BCUT2D eigenvalue weighted by Gasteiger charge is 2.10. The minimum Gasteiger partial charge on any atom is -0.293 e. The summed E-state index contributed by atoms with van der Waals surface area (Å²) in [5, 5.41) is 9.03. The molecule has 0 aromatic heterocycles. The Labute approximate surface area is 109 Å². The molecule has 94 valence electrons. The maximum atomic E-state index is 11.8. The van der Waals surface area contributed by atoms with E-state index in [0.717, 1.165) is 12.0 Å². The van der Waals surface area contributed by atoms with Crippen LogP contribution in [0.3, 0.4) is 0 Å².